The van der Waals surface area contributed by atoms with E-state index in [-0.39, 0.29) is 24.5 Å². The topological polar surface area (TPSA) is 113 Å². The Morgan fingerprint density at radius 1 is 1.44 bits per heavy atom. The van der Waals surface area contributed by atoms with Crippen molar-refractivity contribution in [2.75, 3.05) is 13.1 Å². The minimum atomic E-state index is -0.827. The highest BCUT2D eigenvalue weighted by Gasteiger charge is 2.34. The maximum absolute atomic E-state index is 12.4. The summed E-state index contributed by atoms with van der Waals surface area (Å²) in [6.07, 6.45) is 5.99. The van der Waals surface area contributed by atoms with Crippen molar-refractivity contribution in [3.63, 3.8) is 0 Å². The van der Waals surface area contributed by atoms with Crippen LogP contribution in [0.4, 0.5) is 0 Å². The van der Waals surface area contributed by atoms with Gasteiger partial charge in [0.15, 0.2) is 5.82 Å². The van der Waals surface area contributed by atoms with Crippen molar-refractivity contribution in [3.05, 3.63) is 36.5 Å². The van der Waals surface area contributed by atoms with Crippen LogP contribution in [-0.4, -0.2) is 66.8 Å². The maximum Gasteiger partial charge on any atom is 0.317 e. The van der Waals surface area contributed by atoms with Crippen LogP contribution in [0, 0.1) is 0 Å². The zero-order chi connectivity index (χ0) is 17.8. The first kappa shape index (κ1) is 17.0. The van der Waals surface area contributed by atoms with Gasteiger partial charge >= 0.3 is 5.97 Å². The number of carboxylic acids is 1. The lowest BCUT2D eigenvalue weighted by Crippen LogP contribution is -2.54. The van der Waals surface area contributed by atoms with E-state index in [0.29, 0.717) is 17.9 Å². The first-order chi connectivity index (χ1) is 12.1. The Balaban J connectivity index is 1.56. The molecule has 1 aliphatic rings. The fourth-order valence-corrected chi connectivity index (χ4v) is 2.96. The van der Waals surface area contributed by atoms with Crippen LogP contribution < -0.4 is 5.32 Å². The van der Waals surface area contributed by atoms with Crippen LogP contribution in [0.3, 0.4) is 0 Å². The highest BCUT2D eigenvalue weighted by Crippen LogP contribution is 2.25. The molecule has 3 rings (SSSR count). The zero-order valence-electron chi connectivity index (χ0n) is 13.9. The van der Waals surface area contributed by atoms with E-state index in [0.717, 1.165) is 12.8 Å². The molecule has 0 aliphatic heterocycles. The molecular formula is C16H20N6O3. The van der Waals surface area contributed by atoms with E-state index < -0.39 is 5.97 Å². The number of pyridine rings is 1. The Morgan fingerprint density at radius 3 is 2.88 bits per heavy atom. The van der Waals surface area contributed by atoms with Gasteiger partial charge in [0.05, 0.1) is 6.54 Å². The Bertz CT molecular complexity index is 742. The fraction of sp³-hybridized carbons (Fsp3) is 0.438. The lowest BCUT2D eigenvalue weighted by molar-refractivity contribution is -0.139. The summed E-state index contributed by atoms with van der Waals surface area (Å²) >= 11 is 0. The highest BCUT2D eigenvalue weighted by atomic mass is 16.4. The van der Waals surface area contributed by atoms with E-state index in [4.69, 9.17) is 5.11 Å². The number of hydrogen-bond donors (Lipinski definition) is 2. The van der Waals surface area contributed by atoms with Crippen LogP contribution in [0.15, 0.2) is 31.0 Å². The van der Waals surface area contributed by atoms with Gasteiger partial charge in [-0.2, -0.15) is 5.10 Å². The summed E-state index contributed by atoms with van der Waals surface area (Å²) in [5.74, 6) is -0.476. The van der Waals surface area contributed by atoms with Crippen LogP contribution >= 0.6 is 0 Å². The van der Waals surface area contributed by atoms with E-state index in [9.17, 15) is 9.59 Å². The minimum absolute atomic E-state index is 0.0352. The molecule has 2 aromatic heterocycles. The highest BCUT2D eigenvalue weighted by molar-refractivity contribution is 5.94. The Morgan fingerprint density at radius 2 is 2.24 bits per heavy atom. The summed E-state index contributed by atoms with van der Waals surface area (Å²) in [5, 5.41) is 15.9. The van der Waals surface area contributed by atoms with Crippen molar-refractivity contribution in [2.45, 2.75) is 31.8 Å². The van der Waals surface area contributed by atoms with Crippen molar-refractivity contribution in [3.8, 4) is 5.82 Å². The first-order valence-electron chi connectivity index (χ1n) is 8.14. The molecule has 0 atom stereocenters. The van der Waals surface area contributed by atoms with Gasteiger partial charge in [0.2, 0.25) is 0 Å². The summed E-state index contributed by atoms with van der Waals surface area (Å²) in [5.41, 5.74) is 0.502. The number of likely N-dealkylation sites (N-methyl/N-ethyl adjacent to an activating group) is 1. The van der Waals surface area contributed by atoms with Gasteiger partial charge in [-0.15, -0.1) is 0 Å². The Kier molecular flexibility index (Phi) is 5.03. The lowest BCUT2D eigenvalue weighted by Gasteiger charge is -2.42. The van der Waals surface area contributed by atoms with Gasteiger partial charge in [0, 0.05) is 23.8 Å². The van der Waals surface area contributed by atoms with E-state index in [2.05, 4.69) is 20.4 Å². The number of nitrogens with one attached hydrogen (secondary N) is 1. The summed E-state index contributed by atoms with van der Waals surface area (Å²) in [7, 11) is 0. The van der Waals surface area contributed by atoms with Crippen molar-refractivity contribution >= 4 is 11.9 Å². The summed E-state index contributed by atoms with van der Waals surface area (Å²) < 4.78 is 1.49. The van der Waals surface area contributed by atoms with Crippen molar-refractivity contribution in [1.82, 2.24) is 30.0 Å². The maximum atomic E-state index is 12.4. The molecule has 2 heterocycles. The average Bonchev–Trinajstić information content (AvgIpc) is 3.10. The van der Waals surface area contributed by atoms with Crippen LogP contribution in [0.25, 0.3) is 5.82 Å². The molecule has 2 N–H and O–H groups in total. The second-order valence-corrected chi connectivity index (χ2v) is 6.00. The van der Waals surface area contributed by atoms with Crippen molar-refractivity contribution < 1.29 is 14.7 Å². The number of carbonyl (C=O) groups excluding carboxylic acids is 1. The molecule has 1 amide bonds. The third-order valence-corrected chi connectivity index (χ3v) is 4.37. The van der Waals surface area contributed by atoms with Gasteiger partial charge in [-0.3, -0.25) is 14.5 Å². The van der Waals surface area contributed by atoms with Gasteiger partial charge in [0.25, 0.3) is 5.91 Å². The molecule has 0 spiro atoms. The summed E-state index contributed by atoms with van der Waals surface area (Å²) in [6.45, 7) is 2.66. The molecule has 0 unspecified atom stereocenters. The molecule has 0 radical (unpaired) electrons. The molecule has 9 nitrogen and oxygen atoms in total. The van der Waals surface area contributed by atoms with Crippen LogP contribution in [-0.2, 0) is 4.79 Å². The third-order valence-electron chi connectivity index (χ3n) is 4.37. The molecule has 132 valence electrons. The van der Waals surface area contributed by atoms with Crippen LogP contribution in [0.1, 0.15) is 30.1 Å². The van der Waals surface area contributed by atoms with E-state index in [1.807, 2.05) is 11.8 Å². The second-order valence-electron chi connectivity index (χ2n) is 6.00. The number of carbonyl (C=O) groups is 2. The van der Waals surface area contributed by atoms with Gasteiger partial charge in [-0.25, -0.2) is 14.6 Å². The molecule has 1 fully saturated rings. The minimum Gasteiger partial charge on any atom is -0.480 e. The molecule has 2 aromatic rings. The van der Waals surface area contributed by atoms with Gasteiger partial charge < -0.3 is 10.4 Å². The van der Waals surface area contributed by atoms with Crippen molar-refractivity contribution in [1.29, 1.82) is 0 Å². The van der Waals surface area contributed by atoms with Gasteiger partial charge in [0.1, 0.15) is 12.7 Å². The molecule has 0 bridgehead atoms. The Hall–Kier alpha value is -2.81. The molecule has 1 aliphatic carbocycles. The first-order valence-corrected chi connectivity index (χ1v) is 8.14. The molecule has 25 heavy (non-hydrogen) atoms. The van der Waals surface area contributed by atoms with Gasteiger partial charge in [-0.1, -0.05) is 6.92 Å². The fourth-order valence-electron chi connectivity index (χ4n) is 2.96. The SMILES string of the molecule is CCN(CC(=O)O)C1CC(NC(=O)c2ccnc(-n3cncn3)c2)C1. The number of nitrogens with zero attached hydrogens (tertiary/aromatic N) is 5. The largest absolute Gasteiger partial charge is 0.480 e. The zero-order valence-corrected chi connectivity index (χ0v) is 13.9. The number of hydrogen-bond acceptors (Lipinski definition) is 6. The molecule has 0 aromatic carbocycles. The third kappa shape index (κ3) is 4.00. The standard InChI is InChI=1S/C16H20N6O3/c1-2-21(8-15(23)24)13-6-12(7-13)20-16(25)11-3-4-18-14(5-11)22-10-17-9-19-22/h3-5,9-10,12-13H,2,6-8H2,1H3,(H,20,25)(H,23,24). The van der Waals surface area contributed by atoms with E-state index >= 15 is 0 Å². The van der Waals surface area contributed by atoms with Crippen LogP contribution in [0.2, 0.25) is 0 Å². The van der Waals surface area contributed by atoms with Gasteiger partial charge in [-0.05, 0) is 31.5 Å². The number of aromatic nitrogens is 4. The molecule has 1 saturated carbocycles. The molecular weight excluding hydrogens is 324 g/mol. The smallest absolute Gasteiger partial charge is 0.317 e. The predicted octanol–water partition coefficient (Wildman–Crippen LogP) is 0.330. The number of aliphatic carboxylic acids is 1. The quantitative estimate of drug-likeness (QED) is 0.744. The number of amides is 1. The normalized spacial score (nSPS) is 19.4. The van der Waals surface area contributed by atoms with E-state index in [1.54, 1.807) is 18.3 Å². The summed E-state index contributed by atoms with van der Waals surface area (Å²) in [6, 6.07) is 3.57. The monoisotopic (exact) mass is 344 g/mol. The lowest BCUT2D eigenvalue weighted by atomic mass is 9.85. The Labute approximate surface area is 144 Å². The second kappa shape index (κ2) is 7.39. The number of carboxylic acid groups (broad SMARTS) is 1. The molecule has 9 heteroatoms. The predicted molar refractivity (Wildman–Crippen MR) is 88.3 cm³/mol. The van der Waals surface area contributed by atoms with Crippen LogP contribution in [0.5, 0.6) is 0 Å². The van der Waals surface area contributed by atoms with Crippen molar-refractivity contribution in [2.24, 2.45) is 0 Å². The average molecular weight is 344 g/mol. The van der Waals surface area contributed by atoms with E-state index in [1.165, 1.54) is 17.3 Å². The summed E-state index contributed by atoms with van der Waals surface area (Å²) in [4.78, 5) is 33.2. The number of rotatable bonds is 7. The molecule has 0 saturated heterocycles.